The molecule has 3 aromatic rings. The average Bonchev–Trinajstić information content (AvgIpc) is 2.95. The third-order valence-electron chi connectivity index (χ3n) is 2.99. The molecule has 5 heteroatoms. The third kappa shape index (κ3) is 2.67. The second kappa shape index (κ2) is 5.50. The zero-order valence-electron chi connectivity index (χ0n) is 10.2. The standard InChI is InChI=1S/C14H13BrN4/c15-13-4-3-10(14-12(13)2-1-6-17-14)8-16-9-11-5-7-18-19-11/h1-7,16H,8-9H2,(H,18,19). The summed E-state index contributed by atoms with van der Waals surface area (Å²) >= 11 is 3.56. The van der Waals surface area contributed by atoms with Crippen molar-refractivity contribution in [3.63, 3.8) is 0 Å². The van der Waals surface area contributed by atoms with Crippen molar-refractivity contribution in [2.24, 2.45) is 0 Å². The zero-order valence-corrected chi connectivity index (χ0v) is 11.8. The summed E-state index contributed by atoms with van der Waals surface area (Å²) in [6.07, 6.45) is 3.58. The molecular formula is C14H13BrN4. The van der Waals surface area contributed by atoms with E-state index in [1.54, 1.807) is 6.20 Å². The number of halogens is 1. The molecule has 2 heterocycles. The van der Waals surface area contributed by atoms with E-state index in [-0.39, 0.29) is 0 Å². The van der Waals surface area contributed by atoms with Crippen molar-refractivity contribution in [3.8, 4) is 0 Å². The van der Waals surface area contributed by atoms with Crippen molar-refractivity contribution in [2.45, 2.75) is 13.1 Å². The Morgan fingerprint density at radius 1 is 1.11 bits per heavy atom. The van der Waals surface area contributed by atoms with Crippen LogP contribution in [0.3, 0.4) is 0 Å². The molecule has 3 rings (SSSR count). The van der Waals surface area contributed by atoms with Crippen LogP contribution in [0.2, 0.25) is 0 Å². The van der Waals surface area contributed by atoms with Crippen molar-refractivity contribution >= 4 is 26.8 Å². The van der Waals surface area contributed by atoms with Crippen LogP contribution in [0.5, 0.6) is 0 Å². The number of pyridine rings is 1. The van der Waals surface area contributed by atoms with Gasteiger partial charge in [0.1, 0.15) is 0 Å². The summed E-state index contributed by atoms with van der Waals surface area (Å²) in [5.74, 6) is 0. The first-order valence-corrected chi connectivity index (χ1v) is 6.85. The van der Waals surface area contributed by atoms with E-state index >= 15 is 0 Å². The maximum atomic E-state index is 4.47. The number of fused-ring (bicyclic) bond motifs is 1. The summed E-state index contributed by atoms with van der Waals surface area (Å²) in [5, 5.41) is 11.4. The van der Waals surface area contributed by atoms with E-state index < -0.39 is 0 Å². The van der Waals surface area contributed by atoms with Crippen molar-refractivity contribution in [2.75, 3.05) is 0 Å². The molecule has 0 radical (unpaired) electrons. The molecule has 0 aliphatic carbocycles. The fourth-order valence-corrected chi connectivity index (χ4v) is 2.51. The zero-order chi connectivity index (χ0) is 13.1. The molecule has 0 fully saturated rings. The molecular weight excluding hydrogens is 304 g/mol. The number of rotatable bonds is 4. The largest absolute Gasteiger partial charge is 0.307 e. The van der Waals surface area contributed by atoms with Gasteiger partial charge in [0, 0.05) is 41.0 Å². The Morgan fingerprint density at radius 3 is 2.89 bits per heavy atom. The van der Waals surface area contributed by atoms with Crippen LogP contribution in [-0.2, 0) is 13.1 Å². The highest BCUT2D eigenvalue weighted by molar-refractivity contribution is 9.10. The van der Waals surface area contributed by atoms with Gasteiger partial charge in [0.05, 0.1) is 5.52 Å². The van der Waals surface area contributed by atoms with Crippen molar-refractivity contribution in [1.29, 1.82) is 0 Å². The maximum absolute atomic E-state index is 4.47. The molecule has 0 saturated carbocycles. The molecule has 0 aliphatic heterocycles. The van der Waals surface area contributed by atoms with Crippen LogP contribution in [0, 0.1) is 0 Å². The SMILES string of the molecule is Brc1ccc(CNCc2ccn[nH]2)c2ncccc12. The van der Waals surface area contributed by atoms with Crippen molar-refractivity contribution < 1.29 is 0 Å². The minimum Gasteiger partial charge on any atom is -0.307 e. The van der Waals surface area contributed by atoms with E-state index in [0.717, 1.165) is 34.2 Å². The number of aromatic amines is 1. The molecule has 1 aromatic carbocycles. The molecule has 0 saturated heterocycles. The highest BCUT2D eigenvalue weighted by atomic mass is 79.9. The normalized spacial score (nSPS) is 11.0. The highest BCUT2D eigenvalue weighted by Crippen LogP contribution is 2.25. The van der Waals surface area contributed by atoms with E-state index in [9.17, 15) is 0 Å². The predicted octanol–water partition coefficient (Wildman–Crippen LogP) is 3.01. The lowest BCUT2D eigenvalue weighted by Crippen LogP contribution is -2.13. The number of nitrogens with zero attached hydrogens (tertiary/aromatic N) is 2. The Labute approximate surface area is 119 Å². The van der Waals surface area contributed by atoms with Crippen LogP contribution in [-0.4, -0.2) is 15.2 Å². The lowest BCUT2D eigenvalue weighted by atomic mass is 10.1. The molecule has 2 N–H and O–H groups in total. The minimum absolute atomic E-state index is 0.768. The molecule has 0 aliphatic rings. The van der Waals surface area contributed by atoms with E-state index in [0.29, 0.717) is 0 Å². The molecule has 0 unspecified atom stereocenters. The Hall–Kier alpha value is -1.72. The fourth-order valence-electron chi connectivity index (χ4n) is 2.05. The van der Waals surface area contributed by atoms with Gasteiger partial charge in [0.2, 0.25) is 0 Å². The summed E-state index contributed by atoms with van der Waals surface area (Å²) < 4.78 is 1.08. The van der Waals surface area contributed by atoms with Crippen molar-refractivity contribution in [3.05, 3.63) is 58.5 Å². The lowest BCUT2D eigenvalue weighted by molar-refractivity contribution is 0.679. The van der Waals surface area contributed by atoms with Gasteiger partial charge in [0.15, 0.2) is 0 Å². The number of hydrogen-bond acceptors (Lipinski definition) is 3. The Kier molecular flexibility index (Phi) is 3.57. The van der Waals surface area contributed by atoms with Gasteiger partial charge in [-0.2, -0.15) is 5.10 Å². The summed E-state index contributed by atoms with van der Waals surface area (Å²) in [6, 6.07) is 10.2. The molecule has 2 aromatic heterocycles. The monoisotopic (exact) mass is 316 g/mol. The highest BCUT2D eigenvalue weighted by Gasteiger charge is 2.05. The van der Waals surface area contributed by atoms with Gasteiger partial charge in [-0.05, 0) is 23.8 Å². The summed E-state index contributed by atoms with van der Waals surface area (Å²) in [4.78, 5) is 4.47. The van der Waals surface area contributed by atoms with Gasteiger partial charge in [-0.3, -0.25) is 10.1 Å². The number of benzene rings is 1. The van der Waals surface area contributed by atoms with Crippen LogP contribution in [0.15, 0.2) is 47.2 Å². The van der Waals surface area contributed by atoms with Crippen LogP contribution in [0.1, 0.15) is 11.3 Å². The minimum atomic E-state index is 0.768. The van der Waals surface area contributed by atoms with Gasteiger partial charge < -0.3 is 5.32 Å². The van der Waals surface area contributed by atoms with Gasteiger partial charge in [-0.15, -0.1) is 0 Å². The molecule has 4 nitrogen and oxygen atoms in total. The van der Waals surface area contributed by atoms with E-state index in [2.05, 4.69) is 54.6 Å². The van der Waals surface area contributed by atoms with Crippen LogP contribution >= 0.6 is 15.9 Å². The Bertz CT molecular complexity index is 679. The van der Waals surface area contributed by atoms with Crippen LogP contribution < -0.4 is 5.32 Å². The van der Waals surface area contributed by atoms with Gasteiger partial charge in [-0.1, -0.05) is 28.1 Å². The number of hydrogen-bond donors (Lipinski definition) is 2. The molecule has 0 atom stereocenters. The van der Waals surface area contributed by atoms with E-state index in [1.165, 1.54) is 5.56 Å². The number of aromatic nitrogens is 3. The van der Waals surface area contributed by atoms with Crippen LogP contribution in [0.4, 0.5) is 0 Å². The second-order valence-corrected chi connectivity index (χ2v) is 5.15. The molecule has 96 valence electrons. The molecule has 0 spiro atoms. The topological polar surface area (TPSA) is 53.6 Å². The fraction of sp³-hybridized carbons (Fsp3) is 0.143. The first kappa shape index (κ1) is 12.3. The number of nitrogens with one attached hydrogen (secondary N) is 2. The van der Waals surface area contributed by atoms with Gasteiger partial charge >= 0.3 is 0 Å². The van der Waals surface area contributed by atoms with Crippen LogP contribution in [0.25, 0.3) is 10.9 Å². The molecule has 0 bridgehead atoms. The second-order valence-electron chi connectivity index (χ2n) is 4.29. The molecule has 19 heavy (non-hydrogen) atoms. The quantitative estimate of drug-likeness (QED) is 0.778. The summed E-state index contributed by atoms with van der Waals surface area (Å²) in [7, 11) is 0. The maximum Gasteiger partial charge on any atom is 0.0758 e. The van der Waals surface area contributed by atoms with Gasteiger partial charge in [0.25, 0.3) is 0 Å². The Balaban J connectivity index is 1.79. The smallest absolute Gasteiger partial charge is 0.0758 e. The average molecular weight is 317 g/mol. The van der Waals surface area contributed by atoms with Gasteiger partial charge in [-0.25, -0.2) is 0 Å². The first-order chi connectivity index (χ1) is 9.34. The number of H-pyrrole nitrogens is 1. The Morgan fingerprint density at radius 2 is 2.05 bits per heavy atom. The summed E-state index contributed by atoms with van der Waals surface area (Å²) in [5.41, 5.74) is 3.31. The predicted molar refractivity (Wildman–Crippen MR) is 78.6 cm³/mol. The van der Waals surface area contributed by atoms with E-state index in [4.69, 9.17) is 0 Å². The van der Waals surface area contributed by atoms with Crippen molar-refractivity contribution in [1.82, 2.24) is 20.5 Å². The first-order valence-electron chi connectivity index (χ1n) is 6.05. The lowest BCUT2D eigenvalue weighted by Gasteiger charge is -2.08. The molecule has 0 amide bonds. The van der Waals surface area contributed by atoms with E-state index in [1.807, 2.05) is 18.3 Å². The summed E-state index contributed by atoms with van der Waals surface area (Å²) in [6.45, 7) is 1.55. The third-order valence-corrected chi connectivity index (χ3v) is 3.68.